The number of carbonyl (C=O) groups excluding carboxylic acids is 1. The molecule has 0 aliphatic heterocycles. The van der Waals surface area contributed by atoms with Gasteiger partial charge in [-0.05, 0) is 43.7 Å². The zero-order chi connectivity index (χ0) is 15.7. The number of nitrogens with zero attached hydrogens (tertiary/aromatic N) is 2. The van der Waals surface area contributed by atoms with Crippen molar-refractivity contribution in [2.24, 2.45) is 0 Å². The third-order valence-corrected chi connectivity index (χ3v) is 3.62. The molecule has 0 fully saturated rings. The van der Waals surface area contributed by atoms with Gasteiger partial charge in [0.05, 0.1) is 12.2 Å². The maximum absolute atomic E-state index is 13.3. The van der Waals surface area contributed by atoms with Crippen LogP contribution in [0.1, 0.15) is 27.3 Å². The van der Waals surface area contributed by atoms with Gasteiger partial charge in [0, 0.05) is 17.5 Å². The Morgan fingerprint density at radius 3 is 2.86 bits per heavy atom. The molecule has 112 valence electrons. The highest BCUT2D eigenvalue weighted by Gasteiger charge is 2.11. The normalized spacial score (nSPS) is 10.9. The van der Waals surface area contributed by atoms with Crippen molar-refractivity contribution in [2.45, 2.75) is 20.4 Å². The van der Waals surface area contributed by atoms with Crippen LogP contribution in [0.2, 0.25) is 0 Å². The zero-order valence-electron chi connectivity index (χ0n) is 12.4. The molecule has 0 radical (unpaired) electrons. The minimum atomic E-state index is -0.417. The predicted octanol–water partition coefficient (Wildman–Crippen LogP) is 3.02. The molecule has 0 saturated carbocycles. The van der Waals surface area contributed by atoms with Crippen molar-refractivity contribution >= 4 is 11.6 Å². The van der Waals surface area contributed by atoms with Gasteiger partial charge in [-0.2, -0.15) is 0 Å². The van der Waals surface area contributed by atoms with Crippen molar-refractivity contribution in [1.82, 2.24) is 14.7 Å². The van der Waals surface area contributed by atoms with Crippen LogP contribution in [0.15, 0.2) is 42.6 Å². The van der Waals surface area contributed by atoms with E-state index in [1.54, 1.807) is 13.0 Å². The molecule has 4 nitrogen and oxygen atoms in total. The lowest BCUT2D eigenvalue weighted by Crippen LogP contribution is -2.23. The number of carbonyl (C=O) groups is 1. The molecule has 2 aromatic heterocycles. The highest BCUT2D eigenvalue weighted by atomic mass is 19.1. The molecule has 0 atom stereocenters. The van der Waals surface area contributed by atoms with E-state index >= 15 is 0 Å². The molecule has 0 aliphatic carbocycles. The Hall–Kier alpha value is -2.69. The fourth-order valence-corrected chi connectivity index (χ4v) is 2.39. The van der Waals surface area contributed by atoms with Gasteiger partial charge in [0.1, 0.15) is 11.5 Å². The number of benzene rings is 1. The Labute approximate surface area is 127 Å². The fourth-order valence-electron chi connectivity index (χ4n) is 2.39. The van der Waals surface area contributed by atoms with E-state index in [4.69, 9.17) is 0 Å². The van der Waals surface area contributed by atoms with Crippen molar-refractivity contribution in [2.75, 3.05) is 0 Å². The monoisotopic (exact) mass is 297 g/mol. The van der Waals surface area contributed by atoms with E-state index in [-0.39, 0.29) is 5.91 Å². The average molecular weight is 297 g/mol. The second-order valence-corrected chi connectivity index (χ2v) is 5.27. The molecule has 0 spiro atoms. The maximum Gasteiger partial charge on any atom is 0.251 e. The van der Waals surface area contributed by atoms with Crippen molar-refractivity contribution in [3.05, 3.63) is 70.9 Å². The van der Waals surface area contributed by atoms with Gasteiger partial charge in [0.15, 0.2) is 0 Å². The van der Waals surface area contributed by atoms with Crippen LogP contribution in [0.5, 0.6) is 0 Å². The van der Waals surface area contributed by atoms with Gasteiger partial charge in [-0.15, -0.1) is 0 Å². The van der Waals surface area contributed by atoms with Crippen molar-refractivity contribution in [3.63, 3.8) is 0 Å². The molecule has 0 unspecified atom stereocenters. The third-order valence-electron chi connectivity index (χ3n) is 3.62. The van der Waals surface area contributed by atoms with Crippen LogP contribution < -0.4 is 5.32 Å². The molecule has 0 bridgehead atoms. The van der Waals surface area contributed by atoms with Crippen LogP contribution in [0, 0.1) is 19.7 Å². The summed E-state index contributed by atoms with van der Waals surface area (Å²) in [5.41, 5.74) is 3.76. The van der Waals surface area contributed by atoms with E-state index in [9.17, 15) is 9.18 Å². The Morgan fingerprint density at radius 1 is 1.27 bits per heavy atom. The van der Waals surface area contributed by atoms with E-state index in [1.165, 1.54) is 12.1 Å². The minimum absolute atomic E-state index is 0.300. The molecular formula is C17H16FN3O. The molecule has 1 N–H and O–H groups in total. The zero-order valence-corrected chi connectivity index (χ0v) is 12.4. The molecule has 1 aromatic carbocycles. The number of imidazole rings is 1. The Morgan fingerprint density at radius 2 is 2.09 bits per heavy atom. The number of fused-ring (bicyclic) bond motifs is 1. The summed E-state index contributed by atoms with van der Waals surface area (Å²) in [6, 6.07) is 10.0. The van der Waals surface area contributed by atoms with Crippen LogP contribution in [-0.4, -0.2) is 15.3 Å². The van der Waals surface area contributed by atoms with Gasteiger partial charge in [0.25, 0.3) is 5.91 Å². The van der Waals surface area contributed by atoms with Gasteiger partial charge in [-0.3, -0.25) is 4.79 Å². The lowest BCUT2D eigenvalue weighted by atomic mass is 10.1. The van der Waals surface area contributed by atoms with Gasteiger partial charge < -0.3 is 9.72 Å². The lowest BCUT2D eigenvalue weighted by Gasteiger charge is -2.06. The number of hydrogen-bond acceptors (Lipinski definition) is 2. The fraction of sp³-hybridized carbons (Fsp3) is 0.176. The summed E-state index contributed by atoms with van der Waals surface area (Å²) in [6.45, 7) is 4.08. The van der Waals surface area contributed by atoms with Crippen molar-refractivity contribution in [3.8, 4) is 0 Å². The average Bonchev–Trinajstić information content (AvgIpc) is 2.92. The summed E-state index contributed by atoms with van der Waals surface area (Å²) in [6.07, 6.45) is 1.89. The van der Waals surface area contributed by atoms with Gasteiger partial charge in [0.2, 0.25) is 0 Å². The first-order chi connectivity index (χ1) is 10.5. The van der Waals surface area contributed by atoms with E-state index in [2.05, 4.69) is 10.3 Å². The number of nitrogens with one attached hydrogen (secondary N) is 1. The lowest BCUT2D eigenvalue weighted by molar-refractivity contribution is 0.0949. The molecule has 2 heterocycles. The van der Waals surface area contributed by atoms with E-state index < -0.39 is 5.82 Å². The number of amides is 1. The smallest absolute Gasteiger partial charge is 0.251 e. The van der Waals surface area contributed by atoms with Gasteiger partial charge in [-0.25, -0.2) is 9.37 Å². The number of aryl methyl sites for hydroxylation is 2. The maximum atomic E-state index is 13.3. The van der Waals surface area contributed by atoms with Gasteiger partial charge >= 0.3 is 0 Å². The van der Waals surface area contributed by atoms with Crippen LogP contribution in [0.25, 0.3) is 5.65 Å². The summed E-state index contributed by atoms with van der Waals surface area (Å²) in [5.74, 6) is -0.718. The highest BCUT2D eigenvalue weighted by molar-refractivity contribution is 5.95. The molecule has 22 heavy (non-hydrogen) atoms. The summed E-state index contributed by atoms with van der Waals surface area (Å²) >= 11 is 0. The van der Waals surface area contributed by atoms with Crippen molar-refractivity contribution < 1.29 is 9.18 Å². The summed E-state index contributed by atoms with van der Waals surface area (Å²) < 4.78 is 15.2. The number of rotatable bonds is 3. The molecule has 3 rings (SSSR count). The summed E-state index contributed by atoms with van der Waals surface area (Å²) in [7, 11) is 0. The Bertz CT molecular complexity index is 854. The summed E-state index contributed by atoms with van der Waals surface area (Å²) in [4.78, 5) is 16.6. The predicted molar refractivity (Wildman–Crippen MR) is 82.2 cm³/mol. The Kier molecular flexibility index (Phi) is 3.63. The molecule has 3 aromatic rings. The van der Waals surface area contributed by atoms with E-state index in [0.717, 1.165) is 22.6 Å². The van der Waals surface area contributed by atoms with Crippen LogP contribution in [0.3, 0.4) is 0 Å². The summed E-state index contributed by atoms with van der Waals surface area (Å²) in [5, 5.41) is 2.78. The molecular weight excluding hydrogens is 281 g/mol. The minimum Gasteiger partial charge on any atom is -0.346 e. The van der Waals surface area contributed by atoms with Crippen LogP contribution in [0.4, 0.5) is 4.39 Å². The molecule has 1 amide bonds. The number of pyridine rings is 1. The first-order valence-electron chi connectivity index (χ1n) is 7.02. The first kappa shape index (κ1) is 14.3. The standard InChI is InChI=1S/C17H16FN3O/c1-11-6-7-13(18)8-15(11)17(22)19-9-14-10-21-12(2)4-3-5-16(21)20-14/h3-8,10H,9H2,1-2H3,(H,19,22). The molecule has 5 heteroatoms. The number of halogens is 1. The second kappa shape index (κ2) is 5.60. The van der Waals surface area contributed by atoms with Crippen molar-refractivity contribution in [1.29, 1.82) is 0 Å². The number of aromatic nitrogens is 2. The quantitative estimate of drug-likeness (QED) is 0.807. The topological polar surface area (TPSA) is 46.4 Å². The SMILES string of the molecule is Cc1ccc(F)cc1C(=O)NCc1cn2c(C)cccc2n1. The molecule has 0 saturated heterocycles. The molecule has 0 aliphatic rings. The highest BCUT2D eigenvalue weighted by Crippen LogP contribution is 2.11. The van der Waals surface area contributed by atoms with Crippen LogP contribution in [-0.2, 0) is 6.54 Å². The number of hydrogen-bond donors (Lipinski definition) is 1. The van der Waals surface area contributed by atoms with Gasteiger partial charge in [-0.1, -0.05) is 12.1 Å². The largest absolute Gasteiger partial charge is 0.346 e. The Balaban J connectivity index is 1.77. The first-order valence-corrected chi connectivity index (χ1v) is 7.02. The third kappa shape index (κ3) is 2.70. The second-order valence-electron chi connectivity index (χ2n) is 5.27. The van der Waals surface area contributed by atoms with Crippen LogP contribution >= 0.6 is 0 Å². The van der Waals surface area contributed by atoms with E-state index in [0.29, 0.717) is 12.1 Å². The van der Waals surface area contributed by atoms with E-state index in [1.807, 2.05) is 35.7 Å².